The van der Waals surface area contributed by atoms with E-state index in [9.17, 15) is 0 Å². The average Bonchev–Trinajstić information content (AvgIpc) is 2.62. The topological polar surface area (TPSA) is 81.0 Å². The van der Waals surface area contributed by atoms with Crippen molar-refractivity contribution in [2.75, 3.05) is 42.9 Å². The van der Waals surface area contributed by atoms with E-state index in [1.807, 2.05) is 18.2 Å². The molecule has 1 fully saturated rings. The molecule has 7 nitrogen and oxygen atoms in total. The summed E-state index contributed by atoms with van der Waals surface area (Å²) >= 11 is 0. The lowest BCUT2D eigenvalue weighted by atomic mass is 10.2. The van der Waals surface area contributed by atoms with Gasteiger partial charge in [0.05, 0.1) is 17.4 Å². The van der Waals surface area contributed by atoms with Crippen molar-refractivity contribution in [2.45, 2.75) is 6.92 Å². The molecular weight excluding hydrogens is 290 g/mol. The predicted octanol–water partition coefficient (Wildman–Crippen LogP) is 1.63. The van der Waals surface area contributed by atoms with Crippen molar-refractivity contribution in [3.05, 3.63) is 36.0 Å². The Balaban J connectivity index is 1.74. The van der Waals surface area contributed by atoms with E-state index in [0.717, 1.165) is 38.4 Å². The first-order valence-electron chi connectivity index (χ1n) is 7.73. The van der Waals surface area contributed by atoms with E-state index in [-0.39, 0.29) is 0 Å². The fourth-order valence-corrected chi connectivity index (χ4v) is 2.58. The summed E-state index contributed by atoms with van der Waals surface area (Å²) in [5, 5.41) is 20.5. The Labute approximate surface area is 135 Å². The first-order valence-corrected chi connectivity index (χ1v) is 7.73. The van der Waals surface area contributed by atoms with Gasteiger partial charge in [-0.25, -0.2) is 0 Å². The molecule has 1 saturated heterocycles. The molecule has 0 radical (unpaired) electrons. The number of nitriles is 1. The van der Waals surface area contributed by atoms with Crippen molar-refractivity contribution in [1.82, 2.24) is 20.1 Å². The summed E-state index contributed by atoms with van der Waals surface area (Å²) in [6.45, 7) is 7.05. The van der Waals surface area contributed by atoms with Crippen molar-refractivity contribution in [3.8, 4) is 6.07 Å². The summed E-state index contributed by atoms with van der Waals surface area (Å²) in [5.41, 5.74) is 1.29. The molecular formula is C16H19N7. The van der Waals surface area contributed by atoms with Crippen LogP contribution in [0.4, 0.5) is 17.5 Å². The molecule has 2 aromatic rings. The van der Waals surface area contributed by atoms with E-state index in [2.05, 4.69) is 43.3 Å². The van der Waals surface area contributed by atoms with Crippen LogP contribution < -0.4 is 10.2 Å². The molecule has 0 amide bonds. The van der Waals surface area contributed by atoms with E-state index in [1.165, 1.54) is 0 Å². The molecule has 1 aliphatic rings. The average molecular weight is 309 g/mol. The minimum atomic E-state index is 0.573. The fraction of sp³-hybridized carbons (Fsp3) is 0.375. The van der Waals surface area contributed by atoms with Gasteiger partial charge in [0.1, 0.15) is 6.07 Å². The minimum Gasteiger partial charge on any atom is -0.338 e. The van der Waals surface area contributed by atoms with Gasteiger partial charge >= 0.3 is 0 Å². The quantitative estimate of drug-likeness (QED) is 0.919. The van der Waals surface area contributed by atoms with E-state index in [1.54, 1.807) is 12.3 Å². The Hall–Kier alpha value is -2.72. The molecule has 1 aliphatic heterocycles. The molecule has 0 aliphatic carbocycles. The number of anilines is 3. The van der Waals surface area contributed by atoms with Crippen LogP contribution in [0.5, 0.6) is 0 Å². The Bertz CT molecular complexity index is 702. The maximum Gasteiger partial charge on any atom is 0.247 e. The van der Waals surface area contributed by atoms with E-state index in [4.69, 9.17) is 5.26 Å². The van der Waals surface area contributed by atoms with Crippen LogP contribution in [0.25, 0.3) is 0 Å². The van der Waals surface area contributed by atoms with Gasteiger partial charge in [0.2, 0.25) is 5.95 Å². The van der Waals surface area contributed by atoms with Crippen LogP contribution in [-0.4, -0.2) is 52.8 Å². The number of likely N-dealkylation sites (N-methyl/N-ethyl adjacent to an activating group) is 1. The molecule has 1 aromatic carbocycles. The van der Waals surface area contributed by atoms with E-state index in [0.29, 0.717) is 17.3 Å². The number of benzene rings is 1. The summed E-state index contributed by atoms with van der Waals surface area (Å²) in [6, 6.07) is 9.49. The lowest BCUT2D eigenvalue weighted by Crippen LogP contribution is -2.46. The molecule has 118 valence electrons. The minimum absolute atomic E-state index is 0.573. The monoisotopic (exact) mass is 309 g/mol. The highest BCUT2D eigenvalue weighted by molar-refractivity contribution is 5.64. The second kappa shape index (κ2) is 7.03. The van der Waals surface area contributed by atoms with E-state index >= 15 is 0 Å². The highest BCUT2D eigenvalue weighted by atomic mass is 15.4. The standard InChI is InChI=1S/C16H19N7/c1-2-22-7-9-23(10-8-22)16-20-15(12-18-21-16)19-14-6-4-3-5-13(14)11-17/h3-6,12H,2,7-10H2,1H3,(H,19,20,21). The second-order valence-corrected chi connectivity index (χ2v) is 5.35. The summed E-state index contributed by atoms with van der Waals surface area (Å²) < 4.78 is 0. The van der Waals surface area contributed by atoms with Gasteiger partial charge < -0.3 is 15.1 Å². The Morgan fingerprint density at radius 1 is 1.22 bits per heavy atom. The van der Waals surface area contributed by atoms with Crippen LogP contribution in [-0.2, 0) is 0 Å². The molecule has 0 unspecified atom stereocenters. The molecule has 23 heavy (non-hydrogen) atoms. The Morgan fingerprint density at radius 3 is 2.74 bits per heavy atom. The van der Waals surface area contributed by atoms with E-state index < -0.39 is 0 Å². The zero-order valence-electron chi connectivity index (χ0n) is 13.1. The van der Waals surface area contributed by atoms with Crippen molar-refractivity contribution >= 4 is 17.5 Å². The van der Waals surface area contributed by atoms with Gasteiger partial charge in [0.25, 0.3) is 0 Å². The Morgan fingerprint density at radius 2 is 2.00 bits per heavy atom. The predicted molar refractivity (Wildman–Crippen MR) is 88.6 cm³/mol. The largest absolute Gasteiger partial charge is 0.338 e. The van der Waals surface area contributed by atoms with Crippen molar-refractivity contribution in [1.29, 1.82) is 5.26 Å². The highest BCUT2D eigenvalue weighted by Gasteiger charge is 2.18. The number of rotatable bonds is 4. The molecule has 1 aromatic heterocycles. The maximum atomic E-state index is 9.15. The van der Waals surface area contributed by atoms with Crippen LogP contribution in [0.15, 0.2) is 30.5 Å². The number of hydrogen-bond acceptors (Lipinski definition) is 7. The van der Waals surface area contributed by atoms with Gasteiger partial charge in [0.15, 0.2) is 5.82 Å². The molecule has 0 saturated carbocycles. The molecule has 0 atom stereocenters. The fourth-order valence-electron chi connectivity index (χ4n) is 2.58. The molecule has 3 rings (SSSR count). The highest BCUT2D eigenvalue weighted by Crippen LogP contribution is 2.19. The Kier molecular flexibility index (Phi) is 4.64. The molecule has 0 spiro atoms. The van der Waals surface area contributed by atoms with Crippen molar-refractivity contribution in [3.63, 3.8) is 0 Å². The lowest BCUT2D eigenvalue weighted by molar-refractivity contribution is 0.269. The van der Waals surface area contributed by atoms with Gasteiger partial charge in [-0.3, -0.25) is 0 Å². The van der Waals surface area contributed by atoms with Crippen LogP contribution in [0.3, 0.4) is 0 Å². The SMILES string of the molecule is CCN1CCN(c2nncc(Nc3ccccc3C#N)n2)CC1. The number of nitrogens with one attached hydrogen (secondary N) is 1. The van der Waals surface area contributed by atoms with Gasteiger partial charge in [-0.2, -0.15) is 15.3 Å². The van der Waals surface area contributed by atoms with Crippen LogP contribution in [0.1, 0.15) is 12.5 Å². The van der Waals surface area contributed by atoms with Crippen molar-refractivity contribution in [2.24, 2.45) is 0 Å². The zero-order chi connectivity index (χ0) is 16.1. The number of aromatic nitrogens is 3. The van der Waals surface area contributed by atoms with Crippen molar-refractivity contribution < 1.29 is 0 Å². The number of nitrogens with zero attached hydrogens (tertiary/aromatic N) is 6. The number of piperazine rings is 1. The van der Waals surface area contributed by atoms with Crippen LogP contribution >= 0.6 is 0 Å². The van der Waals surface area contributed by atoms with Gasteiger partial charge in [-0.1, -0.05) is 19.1 Å². The normalized spacial score (nSPS) is 15.2. The number of para-hydroxylation sites is 1. The second-order valence-electron chi connectivity index (χ2n) is 5.35. The summed E-state index contributed by atoms with van der Waals surface area (Å²) in [6.07, 6.45) is 1.57. The van der Waals surface area contributed by atoms with Gasteiger partial charge in [-0.15, -0.1) is 5.10 Å². The summed E-state index contributed by atoms with van der Waals surface area (Å²) in [4.78, 5) is 9.07. The first-order chi connectivity index (χ1) is 11.3. The molecule has 7 heteroatoms. The molecule has 2 heterocycles. The first kappa shape index (κ1) is 15.2. The summed E-state index contributed by atoms with van der Waals surface area (Å²) in [7, 11) is 0. The molecule has 0 bridgehead atoms. The smallest absolute Gasteiger partial charge is 0.247 e. The third kappa shape index (κ3) is 3.55. The summed E-state index contributed by atoms with van der Waals surface area (Å²) in [5.74, 6) is 1.22. The third-order valence-electron chi connectivity index (χ3n) is 3.96. The third-order valence-corrected chi connectivity index (χ3v) is 3.96. The maximum absolute atomic E-state index is 9.15. The van der Waals surface area contributed by atoms with Crippen LogP contribution in [0, 0.1) is 11.3 Å². The zero-order valence-corrected chi connectivity index (χ0v) is 13.1. The van der Waals surface area contributed by atoms with Crippen LogP contribution in [0.2, 0.25) is 0 Å². The molecule has 1 N–H and O–H groups in total. The number of hydrogen-bond donors (Lipinski definition) is 1. The lowest BCUT2D eigenvalue weighted by Gasteiger charge is -2.33. The van der Waals surface area contributed by atoms with Gasteiger partial charge in [-0.05, 0) is 18.7 Å². The van der Waals surface area contributed by atoms with Gasteiger partial charge in [0, 0.05) is 26.2 Å².